The van der Waals surface area contributed by atoms with Crippen molar-refractivity contribution >= 4 is 62.3 Å². The molecule has 0 radical (unpaired) electrons. The number of carbonyl (C=O) groups excluding carboxylic acids is 3. The minimum Gasteiger partial charge on any atom is -0.462 e. The van der Waals surface area contributed by atoms with Gasteiger partial charge >= 0.3 is 5.97 Å². The van der Waals surface area contributed by atoms with E-state index >= 15 is 0 Å². The van der Waals surface area contributed by atoms with E-state index < -0.39 is 5.25 Å². The van der Waals surface area contributed by atoms with Crippen molar-refractivity contribution in [3.8, 4) is 0 Å². The van der Waals surface area contributed by atoms with Crippen LogP contribution in [0.25, 0.3) is 10.8 Å². The SMILES string of the molecule is CCOC(=O)c1c(NC(=O)C(C)Sc2cccc(NC(=O)c3ccc4ccccc4c3)c2)sc2c1CCC(C)C2. The smallest absolute Gasteiger partial charge is 0.341 e. The number of anilines is 2. The molecular weight excluding hydrogens is 540 g/mol. The van der Waals surface area contributed by atoms with Crippen molar-refractivity contribution < 1.29 is 19.1 Å². The summed E-state index contributed by atoms with van der Waals surface area (Å²) in [6.45, 7) is 6.11. The molecule has 0 fully saturated rings. The van der Waals surface area contributed by atoms with Gasteiger partial charge in [-0.25, -0.2) is 4.79 Å². The minimum absolute atomic E-state index is 0.187. The molecule has 2 N–H and O–H groups in total. The number of thioether (sulfide) groups is 1. The molecule has 8 heteroatoms. The maximum absolute atomic E-state index is 13.2. The maximum Gasteiger partial charge on any atom is 0.341 e. The van der Waals surface area contributed by atoms with E-state index in [0.717, 1.165) is 45.4 Å². The van der Waals surface area contributed by atoms with Gasteiger partial charge < -0.3 is 15.4 Å². The van der Waals surface area contributed by atoms with Gasteiger partial charge in [-0.3, -0.25) is 9.59 Å². The van der Waals surface area contributed by atoms with Gasteiger partial charge in [0.15, 0.2) is 0 Å². The summed E-state index contributed by atoms with van der Waals surface area (Å²) in [7, 11) is 0. The molecule has 1 heterocycles. The fraction of sp³-hybridized carbons (Fsp3) is 0.281. The molecule has 1 aliphatic rings. The molecular formula is C32H32N2O4S2. The number of nitrogens with one attached hydrogen (secondary N) is 2. The van der Waals surface area contributed by atoms with Crippen LogP contribution in [0.4, 0.5) is 10.7 Å². The second-order valence-electron chi connectivity index (χ2n) is 10.1. The monoisotopic (exact) mass is 572 g/mol. The van der Waals surface area contributed by atoms with Gasteiger partial charge in [-0.05, 0) is 85.7 Å². The number of hydrogen-bond donors (Lipinski definition) is 2. The first kappa shape index (κ1) is 27.9. The van der Waals surface area contributed by atoms with E-state index in [1.807, 2.05) is 73.7 Å². The van der Waals surface area contributed by atoms with Crippen molar-refractivity contribution in [1.29, 1.82) is 0 Å². The zero-order chi connectivity index (χ0) is 28.2. The van der Waals surface area contributed by atoms with Gasteiger partial charge in [0.05, 0.1) is 17.4 Å². The highest BCUT2D eigenvalue weighted by Gasteiger charge is 2.30. The van der Waals surface area contributed by atoms with Crippen molar-refractivity contribution in [3.63, 3.8) is 0 Å². The molecule has 3 aromatic carbocycles. The van der Waals surface area contributed by atoms with E-state index in [-0.39, 0.29) is 24.4 Å². The highest BCUT2D eigenvalue weighted by atomic mass is 32.2. The highest BCUT2D eigenvalue weighted by molar-refractivity contribution is 8.00. The van der Waals surface area contributed by atoms with E-state index in [4.69, 9.17) is 4.74 Å². The molecule has 2 amide bonds. The lowest BCUT2D eigenvalue weighted by atomic mass is 9.88. The first-order chi connectivity index (χ1) is 19.3. The molecule has 0 spiro atoms. The van der Waals surface area contributed by atoms with Crippen molar-refractivity contribution in [3.05, 3.63) is 88.3 Å². The Morgan fingerprint density at radius 2 is 1.82 bits per heavy atom. The number of hydrogen-bond acceptors (Lipinski definition) is 6. The van der Waals surface area contributed by atoms with E-state index in [9.17, 15) is 14.4 Å². The quantitative estimate of drug-likeness (QED) is 0.168. The molecule has 2 atom stereocenters. The third-order valence-corrected chi connectivity index (χ3v) is 9.28. The molecule has 2 unspecified atom stereocenters. The number of benzene rings is 3. The van der Waals surface area contributed by atoms with Crippen LogP contribution in [0.5, 0.6) is 0 Å². The second kappa shape index (κ2) is 12.3. The van der Waals surface area contributed by atoms with Gasteiger partial charge in [0.2, 0.25) is 5.91 Å². The van der Waals surface area contributed by atoms with E-state index in [1.165, 1.54) is 23.1 Å². The summed E-state index contributed by atoms with van der Waals surface area (Å²) >= 11 is 2.88. The summed E-state index contributed by atoms with van der Waals surface area (Å²) in [5, 5.41) is 8.21. The summed E-state index contributed by atoms with van der Waals surface area (Å²) in [6, 6.07) is 21.0. The van der Waals surface area contributed by atoms with Gasteiger partial charge in [0.1, 0.15) is 5.00 Å². The Morgan fingerprint density at radius 1 is 1.02 bits per heavy atom. The predicted molar refractivity (Wildman–Crippen MR) is 164 cm³/mol. The maximum atomic E-state index is 13.2. The summed E-state index contributed by atoms with van der Waals surface area (Å²) in [6.07, 6.45) is 2.74. The Bertz CT molecular complexity index is 1580. The van der Waals surface area contributed by atoms with Gasteiger partial charge in [-0.1, -0.05) is 43.3 Å². The Morgan fingerprint density at radius 3 is 2.62 bits per heavy atom. The summed E-state index contributed by atoms with van der Waals surface area (Å²) in [5.41, 5.74) is 2.76. The topological polar surface area (TPSA) is 84.5 Å². The van der Waals surface area contributed by atoms with E-state index in [0.29, 0.717) is 27.7 Å². The second-order valence-corrected chi connectivity index (χ2v) is 12.6. The van der Waals surface area contributed by atoms with Gasteiger partial charge in [-0.15, -0.1) is 23.1 Å². The van der Waals surface area contributed by atoms with Crippen LogP contribution in [0, 0.1) is 5.92 Å². The zero-order valence-corrected chi connectivity index (χ0v) is 24.4. The molecule has 0 bridgehead atoms. The largest absolute Gasteiger partial charge is 0.462 e. The minimum atomic E-state index is -0.431. The standard InChI is InChI=1S/C32H32N2O4S2/c1-4-38-32(37)28-26-15-12-19(2)16-27(26)40-31(28)34-29(35)20(3)39-25-11-7-10-24(18-25)33-30(36)23-14-13-21-8-5-6-9-22(21)17-23/h5-11,13-14,17-20H,4,12,15-16H2,1-3H3,(H,33,36)(H,34,35). The predicted octanol–water partition coefficient (Wildman–Crippen LogP) is 7.57. The lowest BCUT2D eigenvalue weighted by Gasteiger charge is -2.18. The average Bonchev–Trinajstić information content (AvgIpc) is 3.29. The van der Waals surface area contributed by atoms with Gasteiger partial charge in [-0.2, -0.15) is 0 Å². The molecule has 1 aliphatic carbocycles. The number of fused-ring (bicyclic) bond motifs is 2. The van der Waals surface area contributed by atoms with Crippen LogP contribution in [0.2, 0.25) is 0 Å². The average molecular weight is 573 g/mol. The molecule has 0 saturated heterocycles. The Labute approximate surface area is 242 Å². The van der Waals surface area contributed by atoms with Crippen LogP contribution >= 0.6 is 23.1 Å². The molecule has 4 aromatic rings. The normalized spacial score (nSPS) is 15.2. The summed E-state index contributed by atoms with van der Waals surface area (Å²) in [5.74, 6) is -0.206. The Balaban J connectivity index is 1.26. The fourth-order valence-corrected chi connectivity index (χ4v) is 7.24. The van der Waals surface area contributed by atoms with Gasteiger partial charge in [0, 0.05) is 21.0 Å². The third kappa shape index (κ3) is 6.24. The molecule has 206 valence electrons. The molecule has 1 aromatic heterocycles. The number of amides is 2. The number of esters is 1. The van der Waals surface area contributed by atoms with Crippen LogP contribution in [-0.2, 0) is 22.4 Å². The molecule has 0 saturated carbocycles. The van der Waals surface area contributed by atoms with Crippen LogP contribution in [-0.4, -0.2) is 29.6 Å². The van der Waals surface area contributed by atoms with Crippen molar-refractivity contribution in [1.82, 2.24) is 0 Å². The fourth-order valence-electron chi connectivity index (χ4n) is 4.91. The lowest BCUT2D eigenvalue weighted by Crippen LogP contribution is -2.23. The molecule has 0 aliphatic heterocycles. The molecule has 40 heavy (non-hydrogen) atoms. The van der Waals surface area contributed by atoms with Crippen molar-refractivity contribution in [2.45, 2.75) is 50.2 Å². The van der Waals surface area contributed by atoms with E-state index in [1.54, 1.807) is 6.92 Å². The lowest BCUT2D eigenvalue weighted by molar-refractivity contribution is -0.115. The Kier molecular flexibility index (Phi) is 8.57. The number of ether oxygens (including phenoxy) is 1. The summed E-state index contributed by atoms with van der Waals surface area (Å²) < 4.78 is 5.33. The zero-order valence-electron chi connectivity index (χ0n) is 22.8. The van der Waals surface area contributed by atoms with E-state index in [2.05, 4.69) is 17.6 Å². The third-order valence-electron chi connectivity index (χ3n) is 7.01. The first-order valence-corrected chi connectivity index (χ1v) is 15.2. The van der Waals surface area contributed by atoms with Crippen LogP contribution in [0.1, 0.15) is 58.3 Å². The van der Waals surface area contributed by atoms with Crippen LogP contribution in [0.15, 0.2) is 71.6 Å². The molecule has 5 rings (SSSR count). The van der Waals surface area contributed by atoms with Crippen molar-refractivity contribution in [2.75, 3.05) is 17.2 Å². The Hall–Kier alpha value is -3.62. The first-order valence-electron chi connectivity index (χ1n) is 13.5. The summed E-state index contributed by atoms with van der Waals surface area (Å²) in [4.78, 5) is 41.0. The number of carbonyl (C=O) groups is 3. The van der Waals surface area contributed by atoms with Crippen molar-refractivity contribution in [2.24, 2.45) is 5.92 Å². The number of thiophene rings is 1. The molecule has 6 nitrogen and oxygen atoms in total. The highest BCUT2D eigenvalue weighted by Crippen LogP contribution is 2.40. The van der Waals surface area contributed by atoms with Gasteiger partial charge in [0.25, 0.3) is 5.91 Å². The van der Waals surface area contributed by atoms with Crippen LogP contribution < -0.4 is 10.6 Å². The van der Waals surface area contributed by atoms with Crippen LogP contribution in [0.3, 0.4) is 0 Å². The number of rotatable bonds is 8.